The van der Waals surface area contributed by atoms with Crippen LogP contribution in [0.25, 0.3) is 11.3 Å². The van der Waals surface area contributed by atoms with Gasteiger partial charge in [0.1, 0.15) is 11.4 Å². The van der Waals surface area contributed by atoms with Crippen molar-refractivity contribution in [2.45, 2.75) is 0 Å². The Morgan fingerprint density at radius 1 is 1.23 bits per heavy atom. The van der Waals surface area contributed by atoms with E-state index in [2.05, 4.69) is 15.3 Å². The zero-order valence-corrected chi connectivity index (χ0v) is 15.2. The number of hydrogen-bond donors (Lipinski definition) is 2. The highest BCUT2D eigenvalue weighted by Gasteiger charge is 2.20. The van der Waals surface area contributed by atoms with Gasteiger partial charge in [0.25, 0.3) is 0 Å². The van der Waals surface area contributed by atoms with Crippen molar-refractivity contribution < 1.29 is 9.84 Å². The summed E-state index contributed by atoms with van der Waals surface area (Å²) in [6.07, 6.45) is 0. The number of aromatic nitrogens is 2. The molecule has 2 aromatic carbocycles. The van der Waals surface area contributed by atoms with Crippen molar-refractivity contribution in [3.05, 3.63) is 53.6 Å². The van der Waals surface area contributed by atoms with Gasteiger partial charge >= 0.3 is 0 Å². The number of rotatable bonds is 4. The quantitative estimate of drug-likeness (QED) is 0.510. The first-order chi connectivity index (χ1) is 12.5. The lowest BCUT2D eigenvalue weighted by Gasteiger charge is -2.01. The standard InChI is InChI=1S/C17H14ClN5O2S/c1-25-13-7-5-10(6-8-13)14-15(16(24)23(22-14)17(19)26)21-20-12-4-2-3-11(18)9-12/h2-9,24H,1H3,(H2,19,26)/b21-20+. The molecular weight excluding hydrogens is 374 g/mol. The molecule has 0 aliphatic heterocycles. The van der Waals surface area contributed by atoms with Crippen molar-refractivity contribution in [1.29, 1.82) is 0 Å². The van der Waals surface area contributed by atoms with Gasteiger partial charge in [0.15, 0.2) is 10.8 Å². The summed E-state index contributed by atoms with van der Waals surface area (Å²) >= 11 is 10.9. The minimum Gasteiger partial charge on any atom is -0.497 e. The SMILES string of the molecule is COc1ccc(-c2nn(C(N)=S)c(O)c2/N=N/c2cccc(Cl)c2)cc1. The Kier molecular flexibility index (Phi) is 5.15. The Balaban J connectivity index is 2.08. The average Bonchev–Trinajstić information content (AvgIpc) is 2.97. The zero-order valence-electron chi connectivity index (χ0n) is 13.6. The number of hydrogen-bond acceptors (Lipinski definition) is 6. The summed E-state index contributed by atoms with van der Waals surface area (Å²) < 4.78 is 6.18. The summed E-state index contributed by atoms with van der Waals surface area (Å²) in [4.78, 5) is 0. The van der Waals surface area contributed by atoms with E-state index in [0.29, 0.717) is 27.7 Å². The summed E-state index contributed by atoms with van der Waals surface area (Å²) in [5, 5.41) is 23.3. The van der Waals surface area contributed by atoms with E-state index in [-0.39, 0.29) is 16.7 Å². The molecule has 132 valence electrons. The summed E-state index contributed by atoms with van der Waals surface area (Å²) in [7, 11) is 1.58. The third-order valence-corrected chi connectivity index (χ3v) is 3.89. The van der Waals surface area contributed by atoms with Gasteiger partial charge in [0, 0.05) is 10.6 Å². The van der Waals surface area contributed by atoms with Gasteiger partial charge in [-0.25, -0.2) is 0 Å². The maximum Gasteiger partial charge on any atom is 0.245 e. The predicted molar refractivity (Wildman–Crippen MR) is 104 cm³/mol. The van der Waals surface area contributed by atoms with Gasteiger partial charge in [-0.3, -0.25) is 0 Å². The molecule has 0 atom stereocenters. The van der Waals surface area contributed by atoms with Gasteiger partial charge < -0.3 is 15.6 Å². The molecule has 3 N–H and O–H groups in total. The number of methoxy groups -OCH3 is 1. The molecule has 0 aliphatic carbocycles. The highest BCUT2D eigenvalue weighted by molar-refractivity contribution is 7.80. The Morgan fingerprint density at radius 2 is 1.96 bits per heavy atom. The second kappa shape index (κ2) is 7.51. The number of benzene rings is 2. The van der Waals surface area contributed by atoms with Crippen LogP contribution in [0.2, 0.25) is 5.02 Å². The van der Waals surface area contributed by atoms with Crippen LogP contribution in [0, 0.1) is 0 Å². The van der Waals surface area contributed by atoms with Crippen molar-refractivity contribution in [2.75, 3.05) is 7.11 Å². The number of nitrogens with zero attached hydrogens (tertiary/aromatic N) is 4. The third-order valence-electron chi connectivity index (χ3n) is 3.48. The molecular formula is C17H14ClN5O2S. The van der Waals surface area contributed by atoms with Gasteiger partial charge in [-0.05, 0) is 54.7 Å². The van der Waals surface area contributed by atoms with Gasteiger partial charge in [-0.1, -0.05) is 17.7 Å². The molecule has 0 spiro atoms. The van der Waals surface area contributed by atoms with Crippen LogP contribution in [0.4, 0.5) is 11.4 Å². The molecule has 0 fully saturated rings. The number of aromatic hydroxyl groups is 1. The van der Waals surface area contributed by atoms with Crippen LogP contribution in [0.3, 0.4) is 0 Å². The predicted octanol–water partition coefficient (Wildman–Crippen LogP) is 4.42. The molecule has 0 radical (unpaired) electrons. The topological polar surface area (TPSA) is 98.0 Å². The molecule has 3 rings (SSSR count). The highest BCUT2D eigenvalue weighted by atomic mass is 35.5. The number of nitrogens with two attached hydrogens (primary N) is 1. The maximum absolute atomic E-state index is 10.4. The van der Waals surface area contributed by atoms with E-state index >= 15 is 0 Å². The minimum absolute atomic E-state index is 0.110. The molecule has 7 nitrogen and oxygen atoms in total. The van der Waals surface area contributed by atoms with E-state index < -0.39 is 0 Å². The fraction of sp³-hybridized carbons (Fsp3) is 0.0588. The van der Waals surface area contributed by atoms with Crippen molar-refractivity contribution in [1.82, 2.24) is 9.78 Å². The van der Waals surface area contributed by atoms with E-state index in [1.165, 1.54) is 0 Å². The van der Waals surface area contributed by atoms with Gasteiger partial charge in [-0.15, -0.1) is 5.11 Å². The minimum atomic E-state index is -0.297. The van der Waals surface area contributed by atoms with Crippen LogP contribution in [-0.4, -0.2) is 27.1 Å². The lowest BCUT2D eigenvalue weighted by Crippen LogP contribution is -2.19. The fourth-order valence-electron chi connectivity index (χ4n) is 2.24. The van der Waals surface area contributed by atoms with E-state index in [1.807, 2.05) is 0 Å². The fourth-order valence-corrected chi connectivity index (χ4v) is 2.55. The van der Waals surface area contributed by atoms with Crippen molar-refractivity contribution in [2.24, 2.45) is 16.0 Å². The maximum atomic E-state index is 10.4. The van der Waals surface area contributed by atoms with Gasteiger partial charge in [0.2, 0.25) is 5.88 Å². The lowest BCUT2D eigenvalue weighted by molar-refractivity contribution is 0.415. The van der Waals surface area contributed by atoms with Crippen LogP contribution in [0.5, 0.6) is 11.6 Å². The first-order valence-corrected chi connectivity index (χ1v) is 8.21. The van der Waals surface area contributed by atoms with Gasteiger partial charge in [0.05, 0.1) is 12.8 Å². The lowest BCUT2D eigenvalue weighted by atomic mass is 10.1. The summed E-state index contributed by atoms with van der Waals surface area (Å²) in [6.45, 7) is 0. The number of ether oxygens (including phenoxy) is 1. The first-order valence-electron chi connectivity index (χ1n) is 7.43. The van der Waals surface area contributed by atoms with Crippen LogP contribution >= 0.6 is 23.8 Å². The van der Waals surface area contributed by atoms with Crippen molar-refractivity contribution in [3.8, 4) is 22.9 Å². The highest BCUT2D eigenvalue weighted by Crippen LogP contribution is 2.38. The van der Waals surface area contributed by atoms with Crippen LogP contribution in [0.15, 0.2) is 58.8 Å². The molecule has 0 bridgehead atoms. The molecule has 0 amide bonds. The van der Waals surface area contributed by atoms with E-state index in [4.69, 9.17) is 34.3 Å². The van der Waals surface area contributed by atoms with E-state index in [0.717, 1.165) is 4.68 Å². The van der Waals surface area contributed by atoms with Crippen molar-refractivity contribution >= 4 is 40.3 Å². The summed E-state index contributed by atoms with van der Waals surface area (Å²) in [6, 6.07) is 14.0. The number of thiocarbonyl (C=S) groups is 1. The average molecular weight is 388 g/mol. The monoisotopic (exact) mass is 387 g/mol. The van der Waals surface area contributed by atoms with E-state index in [1.54, 1.807) is 55.6 Å². The second-order valence-corrected chi connectivity index (χ2v) is 6.03. The Bertz CT molecular complexity index is 985. The first kappa shape index (κ1) is 17.8. The molecule has 1 heterocycles. The molecule has 0 unspecified atom stereocenters. The molecule has 26 heavy (non-hydrogen) atoms. The van der Waals surface area contributed by atoms with E-state index in [9.17, 15) is 5.11 Å². The summed E-state index contributed by atoms with van der Waals surface area (Å²) in [5.74, 6) is 0.392. The Hall–Kier alpha value is -2.97. The van der Waals surface area contributed by atoms with Crippen LogP contribution in [-0.2, 0) is 0 Å². The van der Waals surface area contributed by atoms with Crippen molar-refractivity contribution in [3.63, 3.8) is 0 Å². The number of azo groups is 1. The largest absolute Gasteiger partial charge is 0.497 e. The second-order valence-electron chi connectivity index (χ2n) is 5.18. The van der Waals surface area contributed by atoms with Crippen LogP contribution < -0.4 is 10.5 Å². The number of halogens is 1. The third kappa shape index (κ3) is 3.66. The summed E-state index contributed by atoms with van der Waals surface area (Å²) in [5.41, 5.74) is 7.35. The smallest absolute Gasteiger partial charge is 0.245 e. The zero-order chi connectivity index (χ0) is 18.7. The molecule has 9 heteroatoms. The van der Waals surface area contributed by atoms with Gasteiger partial charge in [-0.2, -0.15) is 14.9 Å². The van der Waals surface area contributed by atoms with Crippen LogP contribution in [0.1, 0.15) is 0 Å². The molecule has 0 saturated carbocycles. The molecule has 0 saturated heterocycles. The Labute approximate surface area is 159 Å². The molecule has 0 aliphatic rings. The Morgan fingerprint density at radius 3 is 2.58 bits per heavy atom. The molecule has 3 aromatic rings. The normalized spacial score (nSPS) is 11.0. The molecule has 1 aromatic heterocycles.